The maximum atomic E-state index is 14.5. The van der Waals surface area contributed by atoms with Crippen LogP contribution in [0.25, 0.3) is 11.4 Å². The second kappa shape index (κ2) is 10.0. The average Bonchev–Trinajstić information content (AvgIpc) is 3.41. The van der Waals surface area contributed by atoms with Gasteiger partial charge in [-0.1, -0.05) is 22.4 Å². The first-order valence-corrected chi connectivity index (χ1v) is 12.5. The number of nitrogens with zero attached hydrogens (tertiary/aromatic N) is 8. The normalized spacial score (nSPS) is 19.2. The molecule has 3 aromatic heterocycles. The van der Waals surface area contributed by atoms with E-state index in [1.54, 1.807) is 39.6 Å². The molecular weight excluding hydrogens is 486 g/mol. The first-order valence-electron chi connectivity index (χ1n) is 12.5. The molecule has 1 aliphatic carbocycles. The van der Waals surface area contributed by atoms with Crippen molar-refractivity contribution < 1.29 is 23.4 Å². The smallest absolute Gasteiger partial charge is 0.303 e. The Hall–Kier alpha value is -3.64. The molecule has 198 valence electrons. The van der Waals surface area contributed by atoms with Crippen LogP contribution in [0.4, 0.5) is 14.5 Å². The summed E-state index contributed by atoms with van der Waals surface area (Å²) in [5.74, 6) is -3.61. The maximum Gasteiger partial charge on any atom is 0.303 e. The first kappa shape index (κ1) is 25.0. The third-order valence-electron chi connectivity index (χ3n) is 6.78. The van der Waals surface area contributed by atoms with Gasteiger partial charge in [0.15, 0.2) is 0 Å². The molecule has 1 atom stereocenters. The molecule has 0 radical (unpaired) electrons. The Balaban J connectivity index is 1.35. The van der Waals surface area contributed by atoms with Crippen molar-refractivity contribution in [3.8, 4) is 17.3 Å². The number of rotatable bonds is 10. The number of aromatic nitrogens is 7. The second-order valence-electron chi connectivity index (χ2n) is 9.94. The molecule has 1 aliphatic heterocycles. The maximum absolute atomic E-state index is 14.5. The van der Waals surface area contributed by atoms with Crippen molar-refractivity contribution in [1.29, 1.82) is 0 Å². The minimum Gasteiger partial charge on any atom is -0.481 e. The summed E-state index contributed by atoms with van der Waals surface area (Å²) in [5.41, 5.74) is 2.97. The number of carboxylic acid groups (broad SMARTS) is 1. The van der Waals surface area contributed by atoms with E-state index in [1.807, 2.05) is 6.92 Å². The molecule has 3 aromatic rings. The number of pyridine rings is 1. The van der Waals surface area contributed by atoms with Crippen LogP contribution in [0.1, 0.15) is 44.0 Å². The van der Waals surface area contributed by atoms with Crippen LogP contribution in [0, 0.1) is 11.8 Å². The Kier molecular flexibility index (Phi) is 6.78. The standard InChI is InChI=1S/C24H30F2N8O3/c1-3-17-19(33-10-16(8-22(35)36)9-24(25,26)14-33)7-6-18(27-17)23-20(32(2)30-29-23)13-37-21-12-34(31-28-21)11-15-4-5-15/h6-7,12,15-16H,3-5,8-11,13-14H2,1-2H3,(H,35,36). The quantitative estimate of drug-likeness (QED) is 0.433. The summed E-state index contributed by atoms with van der Waals surface area (Å²) < 4.78 is 38.2. The molecule has 1 saturated heterocycles. The van der Waals surface area contributed by atoms with E-state index in [0.717, 1.165) is 6.54 Å². The molecule has 2 aliphatic rings. The molecule has 1 N–H and O–H groups in total. The highest BCUT2D eigenvalue weighted by Crippen LogP contribution is 2.36. The van der Waals surface area contributed by atoms with Crippen LogP contribution in [0.2, 0.25) is 0 Å². The molecule has 0 amide bonds. The Morgan fingerprint density at radius 3 is 2.76 bits per heavy atom. The summed E-state index contributed by atoms with van der Waals surface area (Å²) in [6.07, 6.45) is 3.99. The molecular formula is C24H30F2N8O3. The largest absolute Gasteiger partial charge is 0.481 e. The summed E-state index contributed by atoms with van der Waals surface area (Å²) >= 11 is 0. The van der Waals surface area contributed by atoms with E-state index in [1.165, 1.54) is 12.8 Å². The van der Waals surface area contributed by atoms with Gasteiger partial charge in [-0.2, -0.15) is 0 Å². The summed E-state index contributed by atoms with van der Waals surface area (Å²) in [5, 5.41) is 25.7. The highest BCUT2D eigenvalue weighted by molar-refractivity contribution is 5.67. The fraction of sp³-hybridized carbons (Fsp3) is 0.583. The second-order valence-corrected chi connectivity index (χ2v) is 9.94. The number of piperidine rings is 1. The topological polar surface area (TPSA) is 124 Å². The van der Waals surface area contributed by atoms with Crippen LogP contribution < -0.4 is 9.64 Å². The van der Waals surface area contributed by atoms with Crippen LogP contribution >= 0.6 is 0 Å². The average molecular weight is 517 g/mol. The van der Waals surface area contributed by atoms with E-state index in [4.69, 9.17) is 14.8 Å². The monoisotopic (exact) mass is 516 g/mol. The van der Waals surface area contributed by atoms with E-state index in [-0.39, 0.29) is 19.6 Å². The molecule has 0 bridgehead atoms. The van der Waals surface area contributed by atoms with Gasteiger partial charge in [-0.05, 0) is 43.2 Å². The summed E-state index contributed by atoms with van der Waals surface area (Å²) in [6, 6.07) is 3.48. The number of aliphatic carboxylic acids is 1. The van der Waals surface area contributed by atoms with Gasteiger partial charge in [0.25, 0.3) is 11.8 Å². The van der Waals surface area contributed by atoms with E-state index >= 15 is 0 Å². The third-order valence-corrected chi connectivity index (χ3v) is 6.78. The lowest BCUT2D eigenvalue weighted by atomic mass is 9.91. The van der Waals surface area contributed by atoms with Crippen LogP contribution in [-0.2, 0) is 31.4 Å². The number of alkyl halides is 2. The Morgan fingerprint density at radius 2 is 2.03 bits per heavy atom. The number of carboxylic acids is 1. The SMILES string of the molecule is CCc1nc(-c2nnn(C)c2COc2cn(CC3CC3)nn2)ccc1N1CC(CC(=O)O)CC(F)(F)C1. The van der Waals surface area contributed by atoms with Gasteiger partial charge in [-0.3, -0.25) is 4.79 Å². The summed E-state index contributed by atoms with van der Waals surface area (Å²) in [7, 11) is 1.76. The van der Waals surface area contributed by atoms with Crippen LogP contribution in [0.15, 0.2) is 18.3 Å². The lowest BCUT2D eigenvalue weighted by Crippen LogP contribution is -2.48. The van der Waals surface area contributed by atoms with Crippen molar-refractivity contribution in [2.75, 3.05) is 18.0 Å². The highest BCUT2D eigenvalue weighted by atomic mass is 19.3. The Bertz CT molecular complexity index is 1270. The molecule has 37 heavy (non-hydrogen) atoms. The fourth-order valence-corrected chi connectivity index (χ4v) is 4.83. The number of carbonyl (C=O) groups is 1. The van der Waals surface area contributed by atoms with Gasteiger partial charge in [0.1, 0.15) is 18.0 Å². The van der Waals surface area contributed by atoms with Crippen molar-refractivity contribution in [3.63, 3.8) is 0 Å². The van der Waals surface area contributed by atoms with Crippen molar-refractivity contribution in [2.45, 2.75) is 58.1 Å². The number of aryl methyl sites for hydroxylation is 2. The van der Waals surface area contributed by atoms with Crippen molar-refractivity contribution in [2.24, 2.45) is 18.9 Å². The van der Waals surface area contributed by atoms with E-state index in [9.17, 15) is 13.6 Å². The first-order chi connectivity index (χ1) is 17.7. The lowest BCUT2D eigenvalue weighted by Gasteiger charge is -2.39. The van der Waals surface area contributed by atoms with Crippen LogP contribution in [0.3, 0.4) is 0 Å². The molecule has 11 nitrogen and oxygen atoms in total. The number of anilines is 1. The summed E-state index contributed by atoms with van der Waals surface area (Å²) in [6.45, 7) is 2.66. The van der Waals surface area contributed by atoms with Gasteiger partial charge in [0.05, 0.1) is 36.2 Å². The zero-order valence-corrected chi connectivity index (χ0v) is 20.8. The fourth-order valence-electron chi connectivity index (χ4n) is 4.83. The summed E-state index contributed by atoms with van der Waals surface area (Å²) in [4.78, 5) is 17.5. The molecule has 0 aromatic carbocycles. The molecule has 1 saturated carbocycles. The zero-order valence-electron chi connectivity index (χ0n) is 20.8. The van der Waals surface area contributed by atoms with Crippen LogP contribution in [-0.4, -0.2) is 65.1 Å². The minimum absolute atomic E-state index is 0.154. The number of ether oxygens (including phenoxy) is 1. The molecule has 4 heterocycles. The van der Waals surface area contributed by atoms with E-state index in [2.05, 4.69) is 20.6 Å². The number of hydrogen-bond acceptors (Lipinski definition) is 8. The molecule has 13 heteroatoms. The lowest BCUT2D eigenvalue weighted by molar-refractivity contribution is -0.139. The number of halogens is 2. The predicted molar refractivity (Wildman–Crippen MR) is 128 cm³/mol. The van der Waals surface area contributed by atoms with Gasteiger partial charge in [-0.25, -0.2) is 23.1 Å². The Labute approximate surface area is 212 Å². The third kappa shape index (κ3) is 5.86. The van der Waals surface area contributed by atoms with Gasteiger partial charge in [0.2, 0.25) is 0 Å². The van der Waals surface area contributed by atoms with Gasteiger partial charge < -0.3 is 14.7 Å². The minimum atomic E-state index is -2.97. The predicted octanol–water partition coefficient (Wildman–Crippen LogP) is 2.96. The zero-order chi connectivity index (χ0) is 26.2. The van der Waals surface area contributed by atoms with Gasteiger partial charge in [0, 0.05) is 26.6 Å². The van der Waals surface area contributed by atoms with Crippen molar-refractivity contribution >= 4 is 11.7 Å². The molecule has 1 unspecified atom stereocenters. The highest BCUT2D eigenvalue weighted by Gasteiger charge is 2.41. The van der Waals surface area contributed by atoms with E-state index in [0.29, 0.717) is 46.7 Å². The van der Waals surface area contributed by atoms with Crippen molar-refractivity contribution in [3.05, 3.63) is 29.7 Å². The van der Waals surface area contributed by atoms with E-state index < -0.39 is 30.8 Å². The van der Waals surface area contributed by atoms with Crippen LogP contribution in [0.5, 0.6) is 5.88 Å². The molecule has 0 spiro atoms. The van der Waals surface area contributed by atoms with Gasteiger partial charge >= 0.3 is 5.97 Å². The van der Waals surface area contributed by atoms with Gasteiger partial charge in [-0.15, -0.1) is 5.10 Å². The Morgan fingerprint density at radius 1 is 1.22 bits per heavy atom. The molecule has 5 rings (SSSR count). The van der Waals surface area contributed by atoms with Crippen molar-refractivity contribution in [1.82, 2.24) is 35.0 Å². The molecule has 2 fully saturated rings. The number of hydrogen-bond donors (Lipinski definition) is 1.